The van der Waals surface area contributed by atoms with E-state index in [1.54, 1.807) is 0 Å². The van der Waals surface area contributed by atoms with Crippen LogP contribution in [0.1, 0.15) is 58.3 Å². The summed E-state index contributed by atoms with van der Waals surface area (Å²) in [6, 6.07) is 15.8. The lowest BCUT2D eigenvalue weighted by Gasteiger charge is -2.12. The number of hydrogen-bond acceptors (Lipinski definition) is 2. The summed E-state index contributed by atoms with van der Waals surface area (Å²) in [5.41, 5.74) is 0. The highest BCUT2D eigenvalue weighted by atomic mass is 35.5. The average Bonchev–Trinajstić information content (AvgIpc) is 2.67. The minimum Gasteiger partial charge on any atom is -0.425 e. The lowest BCUT2D eigenvalue weighted by atomic mass is 10.0. The molecule has 0 amide bonds. The van der Waals surface area contributed by atoms with Crippen LogP contribution in [0.5, 0.6) is 5.75 Å². The van der Waals surface area contributed by atoms with Gasteiger partial charge in [0.25, 0.3) is 0 Å². The van der Waals surface area contributed by atoms with Crippen LogP contribution in [0.4, 0.5) is 0 Å². The highest BCUT2D eigenvalue weighted by molar-refractivity contribution is 6.31. The van der Waals surface area contributed by atoms with Crippen molar-refractivity contribution in [2.45, 2.75) is 58.3 Å². The van der Waals surface area contributed by atoms with Crippen LogP contribution in [0.2, 0.25) is 5.02 Å². The second-order valence-corrected chi connectivity index (χ2v) is 7.57. The summed E-state index contributed by atoms with van der Waals surface area (Å²) in [7, 11) is 0. The molecule has 0 atom stereocenters. The number of carbonyl (C=O) groups is 1. The van der Waals surface area contributed by atoms with E-state index < -0.39 is 0 Å². The van der Waals surface area contributed by atoms with E-state index >= 15 is 0 Å². The van der Waals surface area contributed by atoms with Crippen molar-refractivity contribution in [3.8, 4) is 5.75 Å². The summed E-state index contributed by atoms with van der Waals surface area (Å²) in [6.07, 6.45) is 8.74. The van der Waals surface area contributed by atoms with Gasteiger partial charge in [-0.25, -0.2) is 0 Å². The van der Waals surface area contributed by atoms with Gasteiger partial charge in [-0.15, -0.1) is 0 Å². The van der Waals surface area contributed by atoms with Crippen LogP contribution < -0.4 is 4.74 Å². The number of fused-ring (bicyclic) bond motifs is 2. The third-order valence-electron chi connectivity index (χ3n) is 4.98. The van der Waals surface area contributed by atoms with Crippen molar-refractivity contribution in [1.82, 2.24) is 0 Å². The fourth-order valence-corrected chi connectivity index (χ4v) is 3.67. The normalized spacial score (nSPS) is 11.2. The third-order valence-corrected chi connectivity index (χ3v) is 5.21. The van der Waals surface area contributed by atoms with Gasteiger partial charge in [-0.05, 0) is 35.4 Å². The van der Waals surface area contributed by atoms with Gasteiger partial charge < -0.3 is 4.74 Å². The molecular formula is C24H27ClO2. The zero-order chi connectivity index (χ0) is 19.1. The Morgan fingerprint density at radius 3 is 2.37 bits per heavy atom. The molecule has 0 unspecified atom stereocenters. The molecule has 3 aromatic carbocycles. The lowest BCUT2D eigenvalue weighted by molar-refractivity contribution is -0.134. The summed E-state index contributed by atoms with van der Waals surface area (Å²) in [5, 5.41) is 4.55. The van der Waals surface area contributed by atoms with Gasteiger partial charge in [-0.1, -0.05) is 87.4 Å². The Kier molecular flexibility index (Phi) is 7.11. The molecule has 0 N–H and O–H groups in total. The second-order valence-electron chi connectivity index (χ2n) is 7.14. The van der Waals surface area contributed by atoms with Crippen LogP contribution in [0.15, 0.2) is 48.5 Å². The number of unbranched alkanes of at least 4 members (excludes halogenated alkanes) is 6. The number of carbonyl (C=O) groups excluding carboxylic acids is 1. The molecule has 0 aliphatic heterocycles. The van der Waals surface area contributed by atoms with Gasteiger partial charge in [-0.3, -0.25) is 4.79 Å². The molecule has 0 aliphatic rings. The standard InChI is InChI=1S/C24H27ClO2/c1-2-3-4-5-6-7-8-13-23(26)27-24-21-12-10-9-11-18(21)16-19-14-15-20(25)17-22(19)24/h9-12,14-17H,2-8,13H2,1H3. The fourth-order valence-electron chi connectivity index (χ4n) is 3.49. The van der Waals surface area contributed by atoms with Crippen molar-refractivity contribution in [1.29, 1.82) is 0 Å². The number of hydrogen-bond donors (Lipinski definition) is 0. The summed E-state index contributed by atoms with van der Waals surface area (Å²) in [6.45, 7) is 2.22. The van der Waals surface area contributed by atoms with Crippen LogP contribution in [-0.2, 0) is 4.79 Å². The average molecular weight is 383 g/mol. The Morgan fingerprint density at radius 2 is 1.56 bits per heavy atom. The first-order valence-corrected chi connectivity index (χ1v) is 10.4. The smallest absolute Gasteiger partial charge is 0.311 e. The molecule has 0 radical (unpaired) electrons. The van der Waals surface area contributed by atoms with E-state index in [0.29, 0.717) is 17.2 Å². The molecule has 2 nitrogen and oxygen atoms in total. The number of ether oxygens (including phenoxy) is 1. The summed E-state index contributed by atoms with van der Waals surface area (Å²) >= 11 is 6.19. The predicted molar refractivity (Wildman–Crippen MR) is 115 cm³/mol. The van der Waals surface area contributed by atoms with Crippen molar-refractivity contribution in [3.05, 3.63) is 53.6 Å². The van der Waals surface area contributed by atoms with Gasteiger partial charge in [0.1, 0.15) is 5.75 Å². The fraction of sp³-hybridized carbons (Fsp3) is 0.375. The molecule has 3 aromatic rings. The third kappa shape index (κ3) is 5.23. The molecule has 142 valence electrons. The zero-order valence-corrected chi connectivity index (χ0v) is 16.7. The number of benzene rings is 3. The first-order chi connectivity index (χ1) is 13.2. The van der Waals surface area contributed by atoms with Crippen molar-refractivity contribution in [3.63, 3.8) is 0 Å². The highest BCUT2D eigenvalue weighted by Crippen LogP contribution is 2.36. The second kappa shape index (κ2) is 9.75. The number of esters is 1. The van der Waals surface area contributed by atoms with E-state index in [1.807, 2.05) is 42.5 Å². The summed E-state index contributed by atoms with van der Waals surface area (Å²) in [5.74, 6) is 0.458. The van der Waals surface area contributed by atoms with Gasteiger partial charge in [0.15, 0.2) is 0 Å². The van der Waals surface area contributed by atoms with Gasteiger partial charge in [0.05, 0.1) is 0 Å². The first kappa shape index (κ1) is 19.7. The molecule has 0 aliphatic carbocycles. The molecule has 0 fully saturated rings. The van der Waals surface area contributed by atoms with E-state index in [4.69, 9.17) is 16.3 Å². The van der Waals surface area contributed by atoms with Crippen molar-refractivity contribution in [2.24, 2.45) is 0 Å². The Bertz CT molecular complexity index is 917. The molecule has 3 rings (SSSR count). The van der Waals surface area contributed by atoms with Crippen molar-refractivity contribution in [2.75, 3.05) is 0 Å². The highest BCUT2D eigenvalue weighted by Gasteiger charge is 2.13. The Balaban J connectivity index is 1.71. The van der Waals surface area contributed by atoms with Gasteiger partial charge in [0.2, 0.25) is 0 Å². The Morgan fingerprint density at radius 1 is 0.852 bits per heavy atom. The molecule has 3 heteroatoms. The molecule has 0 bridgehead atoms. The lowest BCUT2D eigenvalue weighted by Crippen LogP contribution is -2.08. The van der Waals surface area contributed by atoms with E-state index in [-0.39, 0.29) is 5.97 Å². The number of rotatable bonds is 9. The first-order valence-electron chi connectivity index (χ1n) is 10.0. The maximum atomic E-state index is 12.5. The largest absolute Gasteiger partial charge is 0.425 e. The molecule has 0 saturated carbocycles. The minimum atomic E-state index is -0.166. The van der Waals surface area contributed by atoms with E-state index in [9.17, 15) is 4.79 Å². The maximum Gasteiger partial charge on any atom is 0.311 e. The van der Waals surface area contributed by atoms with Gasteiger partial charge >= 0.3 is 5.97 Å². The van der Waals surface area contributed by atoms with Crippen LogP contribution in [-0.4, -0.2) is 5.97 Å². The SMILES string of the molecule is CCCCCCCCCC(=O)Oc1c2ccccc2cc2ccc(Cl)cc12. The van der Waals surface area contributed by atoms with Gasteiger partial charge in [0, 0.05) is 22.2 Å². The van der Waals surface area contributed by atoms with Crippen molar-refractivity contribution < 1.29 is 9.53 Å². The van der Waals surface area contributed by atoms with Crippen LogP contribution in [0.3, 0.4) is 0 Å². The van der Waals surface area contributed by atoms with Crippen LogP contribution in [0, 0.1) is 0 Å². The van der Waals surface area contributed by atoms with Crippen molar-refractivity contribution >= 4 is 39.1 Å². The topological polar surface area (TPSA) is 26.3 Å². The maximum absolute atomic E-state index is 12.5. The molecule has 0 aromatic heterocycles. The molecule has 27 heavy (non-hydrogen) atoms. The van der Waals surface area contributed by atoms with E-state index in [2.05, 4.69) is 13.0 Å². The predicted octanol–water partition coefficient (Wildman–Crippen LogP) is 7.69. The van der Waals surface area contributed by atoms with E-state index in [0.717, 1.165) is 34.4 Å². The molecule has 0 heterocycles. The Labute approximate surface area is 166 Å². The Hall–Kier alpha value is -2.06. The quantitative estimate of drug-likeness (QED) is 0.164. The zero-order valence-electron chi connectivity index (χ0n) is 16.0. The van der Waals surface area contributed by atoms with Crippen LogP contribution >= 0.6 is 11.6 Å². The van der Waals surface area contributed by atoms with E-state index in [1.165, 1.54) is 32.1 Å². The molecule has 0 saturated heterocycles. The molecular weight excluding hydrogens is 356 g/mol. The summed E-state index contributed by atoms with van der Waals surface area (Å²) < 4.78 is 5.84. The monoisotopic (exact) mass is 382 g/mol. The van der Waals surface area contributed by atoms with Crippen LogP contribution in [0.25, 0.3) is 21.5 Å². The molecule has 0 spiro atoms. The number of halogens is 1. The summed E-state index contributed by atoms with van der Waals surface area (Å²) in [4.78, 5) is 12.5. The van der Waals surface area contributed by atoms with Gasteiger partial charge in [-0.2, -0.15) is 0 Å². The minimum absolute atomic E-state index is 0.166.